The molecule has 4 aromatic rings. The highest BCUT2D eigenvalue weighted by atomic mass is 35.5. The number of hydrogen-bond acceptors (Lipinski definition) is 8. The second-order valence-corrected chi connectivity index (χ2v) is 11.3. The van der Waals surface area contributed by atoms with Crippen LogP contribution in [0.5, 0.6) is 0 Å². The van der Waals surface area contributed by atoms with Gasteiger partial charge in [-0.15, -0.1) is 22.7 Å². The maximum Gasteiger partial charge on any atom is 0.257 e. The summed E-state index contributed by atoms with van der Waals surface area (Å²) in [5.74, 6) is -0.481. The van der Waals surface area contributed by atoms with Gasteiger partial charge in [-0.05, 0) is 36.9 Å². The monoisotopic (exact) mass is 556 g/mol. The number of nitrogens with one attached hydrogen (secondary N) is 1. The minimum absolute atomic E-state index is 0.0241. The highest BCUT2D eigenvalue weighted by molar-refractivity contribution is 7.19. The smallest absolute Gasteiger partial charge is 0.257 e. The van der Waals surface area contributed by atoms with Gasteiger partial charge in [0.15, 0.2) is 0 Å². The van der Waals surface area contributed by atoms with Gasteiger partial charge in [-0.2, -0.15) is 5.26 Å². The molecule has 0 aliphatic carbocycles. The van der Waals surface area contributed by atoms with E-state index in [-0.39, 0.29) is 18.7 Å². The van der Waals surface area contributed by atoms with Crippen LogP contribution in [0, 0.1) is 11.3 Å². The number of fused-ring (bicyclic) bond motifs is 1. The van der Waals surface area contributed by atoms with Crippen molar-refractivity contribution in [2.45, 2.75) is 25.8 Å². The van der Waals surface area contributed by atoms with Crippen LogP contribution in [0.3, 0.4) is 0 Å². The highest BCUT2D eigenvalue weighted by Gasteiger charge is 2.22. The van der Waals surface area contributed by atoms with Crippen LogP contribution in [0.2, 0.25) is 5.02 Å². The van der Waals surface area contributed by atoms with Gasteiger partial charge < -0.3 is 20.1 Å². The summed E-state index contributed by atoms with van der Waals surface area (Å²) in [6.45, 7) is 0.680. The molecule has 3 N–H and O–H groups in total. The number of hydrogen-bond donors (Lipinski definition) is 3. The predicted octanol–water partition coefficient (Wildman–Crippen LogP) is 3.77. The van der Waals surface area contributed by atoms with E-state index in [2.05, 4.69) is 11.4 Å². The molecule has 0 aliphatic rings. The molecule has 0 aliphatic heterocycles. The van der Waals surface area contributed by atoms with E-state index in [1.165, 1.54) is 28.9 Å². The van der Waals surface area contributed by atoms with E-state index in [9.17, 15) is 19.8 Å². The Balaban J connectivity index is 1.55. The molecule has 11 heteroatoms. The Kier molecular flexibility index (Phi) is 8.44. The summed E-state index contributed by atoms with van der Waals surface area (Å²) in [4.78, 5) is 30.1. The van der Waals surface area contributed by atoms with E-state index in [1.807, 2.05) is 11.9 Å². The van der Waals surface area contributed by atoms with Gasteiger partial charge in [0.1, 0.15) is 22.6 Å². The number of aliphatic hydroxyl groups excluding tert-OH is 2. The summed E-state index contributed by atoms with van der Waals surface area (Å²) in [6, 6.07) is 12.6. The molecule has 4 rings (SSSR count). The molecule has 3 heterocycles. The highest BCUT2D eigenvalue weighted by Crippen LogP contribution is 2.31. The molecule has 0 spiro atoms. The number of nitrogens with zero attached hydrogens (tertiary/aromatic N) is 3. The first-order chi connectivity index (χ1) is 17.7. The molecule has 1 atom stereocenters. The van der Waals surface area contributed by atoms with Crippen molar-refractivity contribution in [3.63, 3.8) is 0 Å². The molecular weight excluding hydrogens is 532 g/mol. The fraction of sp³-hybridized carbons (Fsp3) is 0.269. The average Bonchev–Trinajstić information content (AvgIpc) is 3.51. The fourth-order valence-electron chi connectivity index (χ4n) is 4.09. The molecule has 3 aromatic heterocycles. The van der Waals surface area contributed by atoms with Crippen molar-refractivity contribution in [2.24, 2.45) is 7.05 Å². The first-order valence-corrected chi connectivity index (χ1v) is 13.4. The second-order valence-electron chi connectivity index (χ2n) is 8.66. The van der Waals surface area contributed by atoms with Crippen molar-refractivity contribution < 1.29 is 15.0 Å². The lowest BCUT2D eigenvalue weighted by Crippen LogP contribution is -2.29. The van der Waals surface area contributed by atoms with Crippen molar-refractivity contribution >= 4 is 50.4 Å². The minimum Gasteiger partial charge on any atom is -0.392 e. The summed E-state index contributed by atoms with van der Waals surface area (Å²) in [5.41, 5.74) is 1.70. The second kappa shape index (κ2) is 11.6. The molecule has 0 bridgehead atoms. The zero-order valence-electron chi connectivity index (χ0n) is 20.2. The third-order valence-electron chi connectivity index (χ3n) is 5.92. The number of nitriles is 1. The Morgan fingerprint density at radius 2 is 1.97 bits per heavy atom. The summed E-state index contributed by atoms with van der Waals surface area (Å²) in [7, 11) is 3.58. The van der Waals surface area contributed by atoms with Crippen LogP contribution < -0.4 is 10.7 Å². The number of rotatable bonds is 9. The average molecular weight is 557 g/mol. The Labute approximate surface area is 226 Å². The number of amides is 1. The lowest BCUT2D eigenvalue weighted by molar-refractivity contribution is 0.0949. The Bertz CT molecular complexity index is 1540. The van der Waals surface area contributed by atoms with E-state index >= 15 is 0 Å². The van der Waals surface area contributed by atoms with E-state index < -0.39 is 17.4 Å². The molecule has 1 amide bonds. The normalized spacial score (nSPS) is 12.1. The Morgan fingerprint density at radius 1 is 1.24 bits per heavy atom. The number of aryl methyl sites for hydroxylation is 1. The Morgan fingerprint density at radius 3 is 2.62 bits per heavy atom. The maximum absolute atomic E-state index is 13.3. The number of pyridine rings is 1. The molecule has 0 saturated heterocycles. The van der Waals surface area contributed by atoms with E-state index in [4.69, 9.17) is 16.9 Å². The number of aromatic nitrogens is 1. The molecule has 0 saturated carbocycles. The van der Waals surface area contributed by atoms with Crippen LogP contribution in [0.1, 0.15) is 42.2 Å². The lowest BCUT2D eigenvalue weighted by Gasteiger charge is -2.19. The maximum atomic E-state index is 13.3. The van der Waals surface area contributed by atoms with Gasteiger partial charge in [0.25, 0.3) is 5.91 Å². The largest absolute Gasteiger partial charge is 0.392 e. The van der Waals surface area contributed by atoms with Crippen molar-refractivity contribution in [3.05, 3.63) is 89.2 Å². The number of carbonyl (C=O) groups excluding carboxylic acids is 1. The molecule has 8 nitrogen and oxygen atoms in total. The first-order valence-electron chi connectivity index (χ1n) is 11.4. The van der Waals surface area contributed by atoms with Crippen LogP contribution in [0.25, 0.3) is 10.2 Å². The van der Waals surface area contributed by atoms with Crippen LogP contribution in [-0.4, -0.2) is 39.2 Å². The number of aliphatic hydroxyl groups is 2. The molecule has 1 aromatic carbocycles. The van der Waals surface area contributed by atoms with Gasteiger partial charge >= 0.3 is 0 Å². The van der Waals surface area contributed by atoms with Crippen molar-refractivity contribution in [1.82, 2.24) is 14.8 Å². The van der Waals surface area contributed by atoms with Crippen LogP contribution >= 0.6 is 34.3 Å². The number of halogens is 1. The van der Waals surface area contributed by atoms with Crippen molar-refractivity contribution in [3.8, 4) is 6.07 Å². The predicted molar refractivity (Wildman–Crippen MR) is 146 cm³/mol. The summed E-state index contributed by atoms with van der Waals surface area (Å²) in [5, 5.41) is 33.1. The summed E-state index contributed by atoms with van der Waals surface area (Å²) >= 11 is 8.40. The number of benzene rings is 1. The topological polar surface area (TPSA) is 119 Å². The molecule has 0 fully saturated rings. The van der Waals surface area contributed by atoms with Gasteiger partial charge in [0.2, 0.25) is 5.43 Å². The minimum atomic E-state index is -0.772. The van der Waals surface area contributed by atoms with Crippen LogP contribution in [0.15, 0.2) is 47.4 Å². The SMILES string of the molecule is CN(Cc1sc2c(=O)c(C(=O)NCc3ccc(Cl)cc3)cn(C)c2c1CO)CC(O)c1ccc(C#N)s1. The lowest BCUT2D eigenvalue weighted by atomic mass is 10.1. The molecular formula is C26H25ClN4O4S2. The number of likely N-dealkylation sites (N-methyl/N-ethyl adjacent to an activating group) is 1. The quantitative estimate of drug-likeness (QED) is 0.289. The summed E-state index contributed by atoms with van der Waals surface area (Å²) < 4.78 is 2.09. The number of thiophene rings is 2. The standard InChI is InChI=1S/C26H25ClN4O4S2/c1-30(12-20(33)21-8-7-17(9-28)36-21)13-22-19(14-32)23-25(37-22)24(34)18(11-31(23)2)26(35)29-10-15-3-5-16(27)6-4-15/h3-8,11,20,32-33H,10,12-14H2,1-2H3,(H,29,35). The zero-order valence-corrected chi connectivity index (χ0v) is 22.6. The van der Waals surface area contributed by atoms with E-state index in [0.29, 0.717) is 43.6 Å². The molecule has 192 valence electrons. The molecule has 37 heavy (non-hydrogen) atoms. The Hall–Kier alpha value is -3.04. The first kappa shape index (κ1) is 27.0. The van der Waals surface area contributed by atoms with Gasteiger partial charge in [-0.25, -0.2) is 0 Å². The van der Waals surface area contributed by atoms with Crippen molar-refractivity contribution in [2.75, 3.05) is 13.6 Å². The van der Waals surface area contributed by atoms with Gasteiger partial charge in [-0.1, -0.05) is 23.7 Å². The van der Waals surface area contributed by atoms with E-state index in [0.717, 1.165) is 10.4 Å². The molecule has 0 radical (unpaired) electrons. The van der Waals surface area contributed by atoms with Gasteiger partial charge in [0.05, 0.1) is 16.8 Å². The van der Waals surface area contributed by atoms with Crippen LogP contribution in [-0.2, 0) is 26.7 Å². The zero-order chi connectivity index (χ0) is 26.7. The third-order valence-corrected chi connectivity index (χ3v) is 8.47. The van der Waals surface area contributed by atoms with Crippen molar-refractivity contribution in [1.29, 1.82) is 5.26 Å². The summed E-state index contributed by atoms with van der Waals surface area (Å²) in [6.07, 6.45) is 0.723. The van der Waals surface area contributed by atoms with Crippen LogP contribution in [0.4, 0.5) is 0 Å². The van der Waals surface area contributed by atoms with Gasteiger partial charge in [0, 0.05) is 53.2 Å². The van der Waals surface area contributed by atoms with Gasteiger partial charge in [-0.3, -0.25) is 14.5 Å². The molecule has 1 unspecified atom stereocenters. The third kappa shape index (κ3) is 5.93. The number of carbonyl (C=O) groups is 1. The fourth-order valence-corrected chi connectivity index (χ4v) is 6.38. The van der Waals surface area contributed by atoms with E-state index in [1.54, 1.807) is 48.0 Å².